The molecule has 0 spiro atoms. The van der Waals surface area contributed by atoms with Gasteiger partial charge in [-0.1, -0.05) is 206 Å². The smallest absolute Gasteiger partial charge is 0.164 e. The van der Waals surface area contributed by atoms with Crippen molar-refractivity contribution in [2.75, 3.05) is 0 Å². The van der Waals surface area contributed by atoms with Crippen molar-refractivity contribution in [3.8, 4) is 89.8 Å². The molecule has 11 rings (SSSR count). The van der Waals surface area contributed by atoms with Crippen LogP contribution in [0.1, 0.15) is 0 Å². The van der Waals surface area contributed by atoms with Crippen molar-refractivity contribution in [2.24, 2.45) is 0 Å². The predicted molar refractivity (Wildman–Crippen MR) is 251 cm³/mol. The van der Waals surface area contributed by atoms with Gasteiger partial charge in [0, 0.05) is 33.0 Å². The highest BCUT2D eigenvalue weighted by Gasteiger charge is 2.21. The highest BCUT2D eigenvalue weighted by molar-refractivity contribution is 6.16. The van der Waals surface area contributed by atoms with Gasteiger partial charge in [0.05, 0.1) is 0 Å². The zero-order chi connectivity index (χ0) is 40.5. The lowest BCUT2D eigenvalue weighted by atomic mass is 9.93. The van der Waals surface area contributed by atoms with Gasteiger partial charge in [-0.3, -0.25) is 0 Å². The average molecular weight is 780 g/mol. The van der Waals surface area contributed by atoms with E-state index in [2.05, 4.69) is 164 Å². The minimum Gasteiger partial charge on any atom is -0.455 e. The largest absolute Gasteiger partial charge is 0.455 e. The first-order chi connectivity index (χ1) is 30.2. The molecule has 0 bridgehead atoms. The molecule has 0 fully saturated rings. The van der Waals surface area contributed by atoms with Crippen LogP contribution in [0, 0.1) is 0 Å². The summed E-state index contributed by atoms with van der Waals surface area (Å²) in [6.45, 7) is 0. The quantitative estimate of drug-likeness (QED) is 0.154. The molecule has 4 nitrogen and oxygen atoms in total. The maximum Gasteiger partial charge on any atom is 0.164 e. The summed E-state index contributed by atoms with van der Waals surface area (Å²) in [6, 6.07) is 78.2. The second-order valence-corrected chi connectivity index (χ2v) is 15.2. The van der Waals surface area contributed by atoms with Crippen molar-refractivity contribution in [1.29, 1.82) is 0 Å². The van der Waals surface area contributed by atoms with Crippen molar-refractivity contribution in [3.05, 3.63) is 224 Å². The Hall–Kier alpha value is -8.21. The summed E-state index contributed by atoms with van der Waals surface area (Å²) in [5.74, 6) is 1.79. The fourth-order valence-corrected chi connectivity index (χ4v) is 8.24. The summed E-state index contributed by atoms with van der Waals surface area (Å²) in [7, 11) is 0. The van der Waals surface area contributed by atoms with E-state index in [0.29, 0.717) is 17.5 Å². The predicted octanol–water partition coefficient (Wildman–Crippen LogP) is 15.1. The van der Waals surface area contributed by atoms with Crippen LogP contribution in [0.25, 0.3) is 112 Å². The van der Waals surface area contributed by atoms with Gasteiger partial charge in [-0.15, -0.1) is 0 Å². The van der Waals surface area contributed by atoms with Crippen LogP contribution in [0.3, 0.4) is 0 Å². The van der Waals surface area contributed by atoms with Crippen LogP contribution in [-0.2, 0) is 0 Å². The third kappa shape index (κ3) is 6.96. The maximum atomic E-state index is 6.90. The summed E-state index contributed by atoms with van der Waals surface area (Å²) in [6.07, 6.45) is 0. The van der Waals surface area contributed by atoms with Gasteiger partial charge < -0.3 is 4.42 Å². The molecule has 0 saturated heterocycles. The first kappa shape index (κ1) is 35.9. The number of benzene rings is 9. The number of hydrogen-bond donors (Lipinski definition) is 0. The molecular formula is C57H37N3O. The summed E-state index contributed by atoms with van der Waals surface area (Å²) in [4.78, 5) is 15.4. The van der Waals surface area contributed by atoms with Crippen LogP contribution in [0.5, 0.6) is 0 Å². The third-order valence-electron chi connectivity index (χ3n) is 11.4. The lowest BCUT2D eigenvalue weighted by molar-refractivity contribution is 0.670. The molecule has 286 valence electrons. The lowest BCUT2D eigenvalue weighted by Gasteiger charge is -2.11. The Morgan fingerprint density at radius 2 is 0.639 bits per heavy atom. The molecular weight excluding hydrogens is 743 g/mol. The minimum atomic E-state index is 0.579. The van der Waals surface area contributed by atoms with E-state index < -0.39 is 0 Å². The van der Waals surface area contributed by atoms with Crippen LogP contribution in [0.4, 0.5) is 0 Å². The van der Waals surface area contributed by atoms with Gasteiger partial charge in [0.25, 0.3) is 0 Å². The molecule has 0 aliphatic rings. The molecule has 0 aliphatic heterocycles. The molecule has 61 heavy (non-hydrogen) atoms. The number of nitrogens with zero attached hydrogens (tertiary/aromatic N) is 3. The molecule has 4 heteroatoms. The van der Waals surface area contributed by atoms with Crippen LogP contribution >= 0.6 is 0 Å². The average Bonchev–Trinajstić information content (AvgIpc) is 3.74. The van der Waals surface area contributed by atoms with E-state index in [1.165, 1.54) is 16.7 Å². The fraction of sp³-hybridized carbons (Fsp3) is 0. The number of aromatic nitrogens is 3. The van der Waals surface area contributed by atoms with E-state index in [1.807, 2.05) is 60.7 Å². The van der Waals surface area contributed by atoms with Crippen molar-refractivity contribution in [3.63, 3.8) is 0 Å². The van der Waals surface area contributed by atoms with Gasteiger partial charge in [-0.05, 0) is 68.3 Å². The molecule has 2 aromatic heterocycles. The minimum absolute atomic E-state index is 0.579. The van der Waals surface area contributed by atoms with Crippen molar-refractivity contribution < 1.29 is 4.42 Å². The zero-order valence-corrected chi connectivity index (χ0v) is 33.1. The second-order valence-electron chi connectivity index (χ2n) is 15.2. The molecule has 0 saturated carbocycles. The molecule has 11 aromatic rings. The Bertz CT molecular complexity index is 3290. The molecule has 0 aliphatic carbocycles. The molecule has 9 aromatic carbocycles. The normalized spacial score (nSPS) is 11.3. The van der Waals surface area contributed by atoms with Gasteiger partial charge in [0.1, 0.15) is 11.2 Å². The van der Waals surface area contributed by atoms with Gasteiger partial charge in [-0.25, -0.2) is 15.0 Å². The second kappa shape index (κ2) is 15.5. The summed E-state index contributed by atoms with van der Waals surface area (Å²) >= 11 is 0. The molecule has 0 unspecified atom stereocenters. The highest BCUT2D eigenvalue weighted by atomic mass is 16.3. The van der Waals surface area contributed by atoms with Crippen molar-refractivity contribution >= 4 is 21.9 Å². The van der Waals surface area contributed by atoms with Crippen LogP contribution < -0.4 is 0 Å². The first-order valence-corrected chi connectivity index (χ1v) is 20.5. The molecule has 0 amide bonds. The maximum absolute atomic E-state index is 6.90. The SMILES string of the molecule is c1ccc(-c2ccc(-c3cc(-c4ccc(-c5ccccc5)cc4)c4oc5cccc(-c6nc(-c7ccccc7)nc(-c7ccc(-c8ccccc8)cc7)n6)c5c4c3)cc2)cc1. The summed E-state index contributed by atoms with van der Waals surface area (Å²) < 4.78 is 6.90. The molecule has 2 heterocycles. The third-order valence-corrected chi connectivity index (χ3v) is 11.4. The Morgan fingerprint density at radius 1 is 0.262 bits per heavy atom. The monoisotopic (exact) mass is 779 g/mol. The molecule has 0 atom stereocenters. The summed E-state index contributed by atoms with van der Waals surface area (Å²) in [5.41, 5.74) is 15.6. The Morgan fingerprint density at radius 3 is 1.13 bits per heavy atom. The van der Waals surface area contributed by atoms with E-state index >= 15 is 0 Å². The van der Waals surface area contributed by atoms with Gasteiger partial charge in [-0.2, -0.15) is 0 Å². The fourth-order valence-electron chi connectivity index (χ4n) is 8.24. The van der Waals surface area contributed by atoms with E-state index in [0.717, 1.165) is 77.6 Å². The topological polar surface area (TPSA) is 51.8 Å². The van der Waals surface area contributed by atoms with Crippen molar-refractivity contribution in [1.82, 2.24) is 15.0 Å². The number of fused-ring (bicyclic) bond motifs is 3. The Balaban J connectivity index is 1.10. The summed E-state index contributed by atoms with van der Waals surface area (Å²) in [5, 5.41) is 1.95. The van der Waals surface area contributed by atoms with Gasteiger partial charge >= 0.3 is 0 Å². The van der Waals surface area contributed by atoms with E-state index in [1.54, 1.807) is 0 Å². The molecule has 0 N–H and O–H groups in total. The van der Waals surface area contributed by atoms with Gasteiger partial charge in [0.15, 0.2) is 17.5 Å². The highest BCUT2D eigenvalue weighted by Crippen LogP contribution is 2.43. The number of rotatable bonds is 8. The number of hydrogen-bond acceptors (Lipinski definition) is 4. The van der Waals surface area contributed by atoms with Crippen LogP contribution in [0.15, 0.2) is 229 Å². The van der Waals surface area contributed by atoms with Crippen molar-refractivity contribution in [2.45, 2.75) is 0 Å². The zero-order valence-electron chi connectivity index (χ0n) is 33.1. The van der Waals surface area contributed by atoms with E-state index in [9.17, 15) is 0 Å². The first-order valence-electron chi connectivity index (χ1n) is 20.5. The Kier molecular flexibility index (Phi) is 9.14. The Labute approximate surface area is 354 Å². The van der Waals surface area contributed by atoms with E-state index in [-0.39, 0.29) is 0 Å². The lowest BCUT2D eigenvalue weighted by Crippen LogP contribution is -2.00. The van der Waals surface area contributed by atoms with Crippen LogP contribution in [0.2, 0.25) is 0 Å². The molecule has 0 radical (unpaired) electrons. The van der Waals surface area contributed by atoms with Gasteiger partial charge in [0.2, 0.25) is 0 Å². The standard InChI is InChI=1S/C57H37N3O/c1-5-14-38(15-6-1)41-24-26-44(27-25-41)48-36-50(45-32-28-42(29-33-45)39-16-7-2-8-17-39)54-51(37-48)53-49(22-13-23-52(53)61-54)57-59-55(46-20-11-4-12-21-46)58-56(60-57)47-34-30-43(31-35-47)40-18-9-3-10-19-40/h1-37H. The number of furan rings is 1. The van der Waals surface area contributed by atoms with Crippen LogP contribution in [-0.4, -0.2) is 15.0 Å². The van der Waals surface area contributed by atoms with E-state index in [4.69, 9.17) is 19.4 Å².